The van der Waals surface area contributed by atoms with E-state index in [-0.39, 0.29) is 30.1 Å². The first-order chi connectivity index (χ1) is 11.1. The molecular weight excluding hydrogens is 354 g/mol. The average Bonchev–Trinajstić information content (AvgIpc) is 3.34. The van der Waals surface area contributed by atoms with Gasteiger partial charge in [0.1, 0.15) is 0 Å². The molecular formula is C19H18BrNO2. The van der Waals surface area contributed by atoms with Crippen LogP contribution in [0, 0.1) is 0 Å². The number of hydrogen-bond acceptors (Lipinski definition) is 2. The fourth-order valence-electron chi connectivity index (χ4n) is 2.70. The van der Waals surface area contributed by atoms with Gasteiger partial charge in [-0.2, -0.15) is 0 Å². The topological polar surface area (TPSA) is 46.2 Å². The third-order valence-electron chi connectivity index (χ3n) is 4.20. The Labute approximate surface area is 144 Å². The van der Waals surface area contributed by atoms with E-state index in [0.29, 0.717) is 5.56 Å². The molecule has 4 heteroatoms. The van der Waals surface area contributed by atoms with E-state index >= 15 is 0 Å². The highest BCUT2D eigenvalue weighted by Crippen LogP contribution is 2.45. The Hall–Kier alpha value is -1.94. The molecule has 2 aromatic carbocycles. The molecule has 3 nitrogen and oxygen atoms in total. The molecule has 1 aliphatic carbocycles. The number of rotatable bonds is 6. The number of hydrogen-bond donors (Lipinski definition) is 1. The number of carbonyl (C=O) groups excluding carboxylic acids is 2. The smallest absolute Gasteiger partial charge is 0.221 e. The summed E-state index contributed by atoms with van der Waals surface area (Å²) in [4.78, 5) is 24.3. The van der Waals surface area contributed by atoms with Crippen LogP contribution in [0.2, 0.25) is 0 Å². The zero-order chi connectivity index (χ0) is 16.3. The van der Waals surface area contributed by atoms with Crippen molar-refractivity contribution in [2.24, 2.45) is 0 Å². The number of ketones is 1. The molecule has 0 radical (unpaired) electrons. The van der Waals surface area contributed by atoms with Crippen LogP contribution in [0.15, 0.2) is 59.1 Å². The average molecular weight is 372 g/mol. The molecule has 1 amide bonds. The van der Waals surface area contributed by atoms with Gasteiger partial charge >= 0.3 is 0 Å². The minimum atomic E-state index is -0.229. The van der Waals surface area contributed by atoms with E-state index in [1.807, 2.05) is 42.5 Å². The van der Waals surface area contributed by atoms with E-state index in [4.69, 9.17) is 0 Å². The molecule has 1 N–H and O–H groups in total. The summed E-state index contributed by atoms with van der Waals surface area (Å²) < 4.78 is 1.02. The van der Waals surface area contributed by atoms with Gasteiger partial charge in [0, 0.05) is 22.9 Å². The number of halogens is 1. The molecule has 0 aromatic heterocycles. The summed E-state index contributed by atoms with van der Waals surface area (Å²) in [5, 5.41) is 3.10. The summed E-state index contributed by atoms with van der Waals surface area (Å²) in [5.41, 5.74) is 1.56. The highest BCUT2D eigenvalue weighted by molar-refractivity contribution is 9.10. The van der Waals surface area contributed by atoms with E-state index in [0.717, 1.165) is 22.9 Å². The van der Waals surface area contributed by atoms with Gasteiger partial charge in [-0.15, -0.1) is 0 Å². The predicted molar refractivity (Wildman–Crippen MR) is 93.2 cm³/mol. The number of amides is 1. The van der Waals surface area contributed by atoms with Gasteiger partial charge in [-0.25, -0.2) is 0 Å². The van der Waals surface area contributed by atoms with Crippen molar-refractivity contribution in [3.05, 3.63) is 70.2 Å². The van der Waals surface area contributed by atoms with Gasteiger partial charge in [0.15, 0.2) is 5.78 Å². The summed E-state index contributed by atoms with van der Waals surface area (Å²) in [7, 11) is 0. The Morgan fingerprint density at radius 3 is 2.22 bits per heavy atom. The summed E-state index contributed by atoms with van der Waals surface area (Å²) in [5.74, 6) is -0.0519. The first-order valence-electron chi connectivity index (χ1n) is 7.74. The zero-order valence-corrected chi connectivity index (χ0v) is 14.3. The molecule has 0 bridgehead atoms. The second-order valence-electron chi connectivity index (χ2n) is 5.93. The lowest BCUT2D eigenvalue weighted by atomic mass is 10.0. The van der Waals surface area contributed by atoms with Crippen LogP contribution in [0.5, 0.6) is 0 Å². The molecule has 0 saturated heterocycles. The maximum absolute atomic E-state index is 12.2. The van der Waals surface area contributed by atoms with Crippen molar-refractivity contribution in [2.45, 2.75) is 31.2 Å². The van der Waals surface area contributed by atoms with Crippen LogP contribution >= 0.6 is 15.9 Å². The number of carbonyl (C=O) groups is 2. The van der Waals surface area contributed by atoms with E-state index < -0.39 is 0 Å². The number of nitrogens with one attached hydrogen (secondary N) is 1. The Morgan fingerprint density at radius 1 is 0.957 bits per heavy atom. The van der Waals surface area contributed by atoms with Crippen molar-refractivity contribution in [3.63, 3.8) is 0 Å². The van der Waals surface area contributed by atoms with Crippen LogP contribution < -0.4 is 5.32 Å². The van der Waals surface area contributed by atoms with Crippen molar-refractivity contribution in [3.8, 4) is 0 Å². The van der Waals surface area contributed by atoms with Gasteiger partial charge in [0.25, 0.3) is 0 Å². The standard InChI is InChI=1S/C19H18BrNO2/c20-16-8-6-15(7-9-16)19(12-13-19)21-18(23)11-10-17(22)14-4-2-1-3-5-14/h1-9H,10-13H2,(H,21,23). The Bertz CT molecular complexity index is 706. The van der Waals surface area contributed by atoms with Crippen molar-refractivity contribution in [1.82, 2.24) is 5.32 Å². The Morgan fingerprint density at radius 2 is 1.61 bits per heavy atom. The first-order valence-corrected chi connectivity index (χ1v) is 8.54. The molecule has 1 fully saturated rings. The van der Waals surface area contributed by atoms with Crippen molar-refractivity contribution >= 4 is 27.6 Å². The molecule has 2 aromatic rings. The third kappa shape index (κ3) is 3.88. The summed E-state index contributed by atoms with van der Waals surface area (Å²) in [6.07, 6.45) is 2.37. The summed E-state index contributed by atoms with van der Waals surface area (Å²) in [6.45, 7) is 0. The largest absolute Gasteiger partial charge is 0.347 e. The number of benzene rings is 2. The molecule has 3 rings (SSSR count). The molecule has 1 saturated carbocycles. The highest BCUT2D eigenvalue weighted by Gasteiger charge is 2.45. The Balaban J connectivity index is 1.55. The SMILES string of the molecule is O=C(CCC(=O)c1ccccc1)NC1(c2ccc(Br)cc2)CC1. The molecule has 0 spiro atoms. The van der Waals surface area contributed by atoms with Crippen LogP contribution in [0.1, 0.15) is 41.6 Å². The molecule has 0 aliphatic heterocycles. The van der Waals surface area contributed by atoms with Gasteiger partial charge in [-0.3, -0.25) is 9.59 Å². The fraction of sp³-hybridized carbons (Fsp3) is 0.263. The van der Waals surface area contributed by atoms with Crippen molar-refractivity contribution in [1.29, 1.82) is 0 Å². The van der Waals surface area contributed by atoms with Crippen LogP contribution in [0.25, 0.3) is 0 Å². The van der Waals surface area contributed by atoms with Crippen LogP contribution in [0.3, 0.4) is 0 Å². The van der Waals surface area contributed by atoms with Gasteiger partial charge in [0.2, 0.25) is 5.91 Å². The van der Waals surface area contributed by atoms with Crippen molar-refractivity contribution < 1.29 is 9.59 Å². The monoisotopic (exact) mass is 371 g/mol. The van der Waals surface area contributed by atoms with Crippen LogP contribution in [-0.2, 0) is 10.3 Å². The van der Waals surface area contributed by atoms with Gasteiger partial charge < -0.3 is 5.32 Å². The van der Waals surface area contributed by atoms with E-state index in [9.17, 15) is 9.59 Å². The van der Waals surface area contributed by atoms with Gasteiger partial charge in [0.05, 0.1) is 5.54 Å². The highest BCUT2D eigenvalue weighted by atomic mass is 79.9. The number of Topliss-reactive ketones (excluding diaryl/α,β-unsaturated/α-hetero) is 1. The predicted octanol–water partition coefficient (Wildman–Crippen LogP) is 4.22. The molecule has 0 heterocycles. The normalized spacial score (nSPS) is 15.0. The Kier molecular flexibility index (Phi) is 4.62. The lowest BCUT2D eigenvalue weighted by Gasteiger charge is -2.18. The third-order valence-corrected chi connectivity index (χ3v) is 4.73. The lowest BCUT2D eigenvalue weighted by Crippen LogP contribution is -2.34. The summed E-state index contributed by atoms with van der Waals surface area (Å²) in [6, 6.07) is 17.1. The minimum Gasteiger partial charge on any atom is -0.347 e. The van der Waals surface area contributed by atoms with Crippen LogP contribution in [-0.4, -0.2) is 11.7 Å². The van der Waals surface area contributed by atoms with Gasteiger partial charge in [-0.1, -0.05) is 58.4 Å². The fourth-order valence-corrected chi connectivity index (χ4v) is 2.97. The molecule has 0 atom stereocenters. The lowest BCUT2D eigenvalue weighted by molar-refractivity contribution is -0.122. The molecule has 1 aliphatic rings. The van der Waals surface area contributed by atoms with Gasteiger partial charge in [-0.05, 0) is 30.5 Å². The second-order valence-corrected chi connectivity index (χ2v) is 6.84. The van der Waals surface area contributed by atoms with E-state index in [1.54, 1.807) is 12.1 Å². The zero-order valence-electron chi connectivity index (χ0n) is 12.7. The molecule has 23 heavy (non-hydrogen) atoms. The maximum Gasteiger partial charge on any atom is 0.221 e. The van der Waals surface area contributed by atoms with E-state index in [2.05, 4.69) is 21.2 Å². The van der Waals surface area contributed by atoms with Crippen LogP contribution in [0.4, 0.5) is 0 Å². The quantitative estimate of drug-likeness (QED) is 0.772. The first kappa shape index (κ1) is 15.9. The van der Waals surface area contributed by atoms with E-state index in [1.165, 1.54) is 0 Å². The maximum atomic E-state index is 12.2. The minimum absolute atomic E-state index is 0.00855. The molecule has 0 unspecified atom stereocenters. The summed E-state index contributed by atoms with van der Waals surface area (Å²) >= 11 is 3.42. The van der Waals surface area contributed by atoms with Crippen molar-refractivity contribution in [2.75, 3.05) is 0 Å². The second kappa shape index (κ2) is 6.67. The molecule has 118 valence electrons.